The maximum atomic E-state index is 11.7. The molecule has 1 aromatic carbocycles. The van der Waals surface area contributed by atoms with Crippen molar-refractivity contribution in [1.29, 1.82) is 0 Å². The number of nitrogens with zero attached hydrogens (tertiary/aromatic N) is 1. The van der Waals surface area contributed by atoms with Crippen LogP contribution in [0.4, 0.5) is 0 Å². The van der Waals surface area contributed by atoms with Gasteiger partial charge in [0.25, 0.3) is 0 Å². The van der Waals surface area contributed by atoms with Gasteiger partial charge in [0.2, 0.25) is 5.91 Å². The van der Waals surface area contributed by atoms with E-state index in [1.54, 1.807) is 11.0 Å². The van der Waals surface area contributed by atoms with Gasteiger partial charge in [-0.3, -0.25) is 4.79 Å². The van der Waals surface area contributed by atoms with E-state index in [2.05, 4.69) is 0 Å². The molecule has 3 N–H and O–H groups in total. The molecular formula is C15H20N2O5. The number of piperidine rings is 1. The fourth-order valence-corrected chi connectivity index (χ4v) is 2.47. The number of benzene rings is 1. The summed E-state index contributed by atoms with van der Waals surface area (Å²) < 4.78 is 11.1. The summed E-state index contributed by atoms with van der Waals surface area (Å²) in [6.45, 7) is 1.15. The Morgan fingerprint density at radius 3 is 2.82 bits per heavy atom. The van der Waals surface area contributed by atoms with Gasteiger partial charge in [0.1, 0.15) is 6.10 Å². The average molecular weight is 308 g/mol. The van der Waals surface area contributed by atoms with Crippen molar-refractivity contribution in [3.63, 3.8) is 0 Å². The van der Waals surface area contributed by atoms with Crippen LogP contribution in [-0.4, -0.2) is 54.7 Å². The average Bonchev–Trinajstić information content (AvgIpc) is 2.54. The number of carbonyl (C=O) groups is 2. The summed E-state index contributed by atoms with van der Waals surface area (Å²) in [5, 5.41) is 8.99. The minimum absolute atomic E-state index is 0.0106. The fraction of sp³-hybridized carbons (Fsp3) is 0.467. The number of carboxylic acid groups (broad SMARTS) is 1. The fourth-order valence-electron chi connectivity index (χ4n) is 2.47. The molecule has 2 rings (SSSR count). The first-order chi connectivity index (χ1) is 10.5. The quantitative estimate of drug-likeness (QED) is 0.831. The van der Waals surface area contributed by atoms with Crippen LogP contribution < -0.4 is 15.2 Å². The van der Waals surface area contributed by atoms with E-state index < -0.39 is 5.97 Å². The number of carboxylic acids is 1. The van der Waals surface area contributed by atoms with Crippen LogP contribution in [0.2, 0.25) is 0 Å². The van der Waals surface area contributed by atoms with Crippen LogP contribution in [0.1, 0.15) is 23.2 Å². The highest BCUT2D eigenvalue weighted by Gasteiger charge is 2.25. The van der Waals surface area contributed by atoms with Crippen molar-refractivity contribution >= 4 is 11.9 Å². The Bertz CT molecular complexity index is 561. The summed E-state index contributed by atoms with van der Waals surface area (Å²) in [5.41, 5.74) is 5.52. The smallest absolute Gasteiger partial charge is 0.335 e. The summed E-state index contributed by atoms with van der Waals surface area (Å²) in [5.74, 6) is -0.287. The number of likely N-dealkylation sites (tertiary alicyclic amines) is 1. The van der Waals surface area contributed by atoms with Crippen LogP contribution in [0.5, 0.6) is 11.5 Å². The van der Waals surface area contributed by atoms with Gasteiger partial charge in [0, 0.05) is 6.54 Å². The summed E-state index contributed by atoms with van der Waals surface area (Å²) in [6, 6.07) is 4.46. The normalized spacial score (nSPS) is 17.9. The minimum Gasteiger partial charge on any atom is -0.493 e. The molecule has 1 fully saturated rings. The van der Waals surface area contributed by atoms with Gasteiger partial charge in [-0.25, -0.2) is 4.79 Å². The number of ether oxygens (including phenoxy) is 2. The highest BCUT2D eigenvalue weighted by molar-refractivity contribution is 5.88. The van der Waals surface area contributed by atoms with Crippen LogP contribution >= 0.6 is 0 Å². The number of amides is 1. The molecule has 7 heteroatoms. The molecule has 1 amide bonds. The van der Waals surface area contributed by atoms with Crippen molar-refractivity contribution in [3.05, 3.63) is 23.8 Å². The van der Waals surface area contributed by atoms with Crippen molar-refractivity contribution in [2.75, 3.05) is 26.7 Å². The Balaban J connectivity index is 2.09. The van der Waals surface area contributed by atoms with Gasteiger partial charge in [0.15, 0.2) is 11.5 Å². The maximum Gasteiger partial charge on any atom is 0.335 e. The molecule has 1 saturated heterocycles. The zero-order valence-corrected chi connectivity index (χ0v) is 12.4. The SMILES string of the molecule is COc1cc(C(=O)O)ccc1OC1CCCN(C(=O)CN)C1. The predicted octanol–water partition coefficient (Wildman–Crippen LogP) is 0.722. The molecule has 120 valence electrons. The monoisotopic (exact) mass is 308 g/mol. The lowest BCUT2D eigenvalue weighted by Crippen LogP contribution is -2.46. The molecule has 1 aliphatic heterocycles. The molecule has 7 nitrogen and oxygen atoms in total. The number of hydrogen-bond acceptors (Lipinski definition) is 5. The van der Waals surface area contributed by atoms with Crippen molar-refractivity contribution in [2.45, 2.75) is 18.9 Å². The van der Waals surface area contributed by atoms with E-state index in [9.17, 15) is 9.59 Å². The van der Waals surface area contributed by atoms with Gasteiger partial charge in [-0.15, -0.1) is 0 Å². The molecule has 0 saturated carbocycles. The molecule has 1 atom stereocenters. The third-order valence-corrected chi connectivity index (χ3v) is 3.61. The Hall–Kier alpha value is -2.28. The van der Waals surface area contributed by atoms with Gasteiger partial charge in [-0.2, -0.15) is 0 Å². The van der Waals surface area contributed by atoms with E-state index in [4.69, 9.17) is 20.3 Å². The van der Waals surface area contributed by atoms with E-state index in [0.717, 1.165) is 12.8 Å². The third kappa shape index (κ3) is 3.67. The number of hydrogen-bond donors (Lipinski definition) is 2. The Kier molecular flexibility index (Phi) is 5.21. The second-order valence-electron chi connectivity index (χ2n) is 5.10. The molecule has 1 aliphatic rings. The van der Waals surface area contributed by atoms with Gasteiger partial charge in [-0.1, -0.05) is 0 Å². The molecular weight excluding hydrogens is 288 g/mol. The van der Waals surface area contributed by atoms with Crippen molar-refractivity contribution in [2.24, 2.45) is 5.73 Å². The molecule has 0 radical (unpaired) electrons. The molecule has 1 unspecified atom stereocenters. The zero-order valence-electron chi connectivity index (χ0n) is 12.4. The van der Waals surface area contributed by atoms with Gasteiger partial charge >= 0.3 is 5.97 Å². The van der Waals surface area contributed by atoms with Gasteiger partial charge in [-0.05, 0) is 31.0 Å². The van der Waals surface area contributed by atoms with E-state index in [1.807, 2.05) is 0 Å². The standard InChI is InChI=1S/C15H20N2O5/c1-21-13-7-10(15(19)20)4-5-12(13)22-11-3-2-6-17(9-11)14(18)8-16/h4-5,7,11H,2-3,6,8-9,16H2,1H3,(H,19,20). The molecule has 1 aromatic rings. The summed E-state index contributed by atoms with van der Waals surface area (Å²) in [6.07, 6.45) is 1.50. The lowest BCUT2D eigenvalue weighted by Gasteiger charge is -2.33. The molecule has 22 heavy (non-hydrogen) atoms. The summed E-state index contributed by atoms with van der Waals surface area (Å²) in [7, 11) is 1.46. The van der Waals surface area contributed by atoms with E-state index in [0.29, 0.717) is 24.6 Å². The lowest BCUT2D eigenvalue weighted by molar-refractivity contribution is -0.132. The molecule has 0 aromatic heterocycles. The number of carbonyl (C=O) groups excluding carboxylic acids is 1. The first-order valence-electron chi connectivity index (χ1n) is 7.11. The first-order valence-corrected chi connectivity index (χ1v) is 7.11. The topological polar surface area (TPSA) is 102 Å². The van der Waals surface area contributed by atoms with Crippen LogP contribution in [-0.2, 0) is 4.79 Å². The molecule has 0 aliphatic carbocycles. The van der Waals surface area contributed by atoms with Crippen LogP contribution in [0.3, 0.4) is 0 Å². The van der Waals surface area contributed by atoms with Gasteiger partial charge in [0.05, 0.1) is 25.8 Å². The Morgan fingerprint density at radius 1 is 1.41 bits per heavy atom. The highest BCUT2D eigenvalue weighted by atomic mass is 16.5. The predicted molar refractivity (Wildman–Crippen MR) is 79.2 cm³/mol. The lowest BCUT2D eigenvalue weighted by atomic mass is 10.1. The van der Waals surface area contributed by atoms with Crippen LogP contribution in [0, 0.1) is 0 Å². The van der Waals surface area contributed by atoms with Crippen LogP contribution in [0.25, 0.3) is 0 Å². The molecule has 1 heterocycles. The van der Waals surface area contributed by atoms with E-state index in [-0.39, 0.29) is 24.1 Å². The Morgan fingerprint density at radius 2 is 2.18 bits per heavy atom. The highest BCUT2D eigenvalue weighted by Crippen LogP contribution is 2.30. The van der Waals surface area contributed by atoms with Gasteiger partial charge < -0.3 is 25.2 Å². The zero-order chi connectivity index (χ0) is 16.1. The number of nitrogens with two attached hydrogens (primary N) is 1. The van der Waals surface area contributed by atoms with Crippen molar-refractivity contribution in [1.82, 2.24) is 4.90 Å². The van der Waals surface area contributed by atoms with Crippen LogP contribution in [0.15, 0.2) is 18.2 Å². The number of methoxy groups -OCH3 is 1. The number of rotatable bonds is 5. The molecule has 0 spiro atoms. The third-order valence-electron chi connectivity index (χ3n) is 3.61. The van der Waals surface area contributed by atoms with E-state index in [1.165, 1.54) is 19.2 Å². The number of aromatic carboxylic acids is 1. The second kappa shape index (κ2) is 7.13. The summed E-state index contributed by atoms with van der Waals surface area (Å²) >= 11 is 0. The molecule has 0 bridgehead atoms. The maximum absolute atomic E-state index is 11.7. The van der Waals surface area contributed by atoms with Crippen molar-refractivity contribution < 1.29 is 24.2 Å². The second-order valence-corrected chi connectivity index (χ2v) is 5.10. The largest absolute Gasteiger partial charge is 0.493 e. The minimum atomic E-state index is -1.03. The first kappa shape index (κ1) is 16.1. The van der Waals surface area contributed by atoms with Crippen molar-refractivity contribution in [3.8, 4) is 11.5 Å². The Labute approximate surface area is 128 Å². The summed E-state index contributed by atoms with van der Waals surface area (Å²) in [4.78, 5) is 24.3. The van der Waals surface area contributed by atoms with E-state index >= 15 is 0 Å².